The van der Waals surface area contributed by atoms with Gasteiger partial charge in [-0.25, -0.2) is 5.01 Å². The molecule has 3 amide bonds. The minimum Gasteiger partial charge on any atom is -0.292 e. The fourth-order valence-electron chi connectivity index (χ4n) is 5.70. The van der Waals surface area contributed by atoms with Crippen LogP contribution in [0.5, 0.6) is 0 Å². The first-order chi connectivity index (χ1) is 16.6. The average Bonchev–Trinajstić information content (AvgIpc) is 3.46. The van der Waals surface area contributed by atoms with Gasteiger partial charge < -0.3 is 0 Å². The van der Waals surface area contributed by atoms with Crippen LogP contribution in [0.2, 0.25) is 10.0 Å². The van der Waals surface area contributed by atoms with Gasteiger partial charge in [0.05, 0.1) is 21.9 Å². The van der Waals surface area contributed by atoms with Gasteiger partial charge in [-0.3, -0.25) is 19.2 Å². The van der Waals surface area contributed by atoms with Crippen molar-refractivity contribution >= 4 is 78.6 Å². The van der Waals surface area contributed by atoms with Crippen molar-refractivity contribution in [3.63, 3.8) is 0 Å². The Morgan fingerprint density at radius 1 is 0.914 bits per heavy atom. The molecule has 2 bridgehead atoms. The fourth-order valence-corrected chi connectivity index (χ4v) is 7.87. The van der Waals surface area contributed by atoms with Gasteiger partial charge >= 0.3 is 0 Å². The molecular weight excluding hydrogens is 623 g/mol. The maximum Gasteiger partial charge on any atom is 0.273 e. The molecule has 6 nitrogen and oxygen atoms in total. The zero-order chi connectivity index (χ0) is 25.2. The van der Waals surface area contributed by atoms with Gasteiger partial charge in [0.25, 0.3) is 17.7 Å². The number of fused-ring (bicyclic) bond motifs is 5. The summed E-state index contributed by atoms with van der Waals surface area (Å²) < 4.78 is 0. The van der Waals surface area contributed by atoms with Crippen LogP contribution in [0.4, 0.5) is 0 Å². The zero-order valence-corrected chi connectivity index (χ0v) is 23.1. The number of hydrogen-bond donors (Lipinski definition) is 0. The molecule has 0 spiro atoms. The molecule has 10 heteroatoms. The molecule has 2 aromatic rings. The molecule has 7 atom stereocenters. The molecule has 5 rings (SSSR count). The number of ketones is 1. The quantitative estimate of drug-likeness (QED) is 0.249. The normalized spacial score (nSPS) is 29.9. The number of imide groups is 1. The van der Waals surface area contributed by atoms with E-state index in [2.05, 4.69) is 31.9 Å². The van der Waals surface area contributed by atoms with Crippen LogP contribution in [0.3, 0.4) is 0 Å². The molecule has 2 aromatic carbocycles. The molecule has 0 radical (unpaired) electrons. The highest BCUT2D eigenvalue weighted by molar-refractivity contribution is 9.12. The summed E-state index contributed by atoms with van der Waals surface area (Å²) in [6.07, 6.45) is 0.756. The van der Waals surface area contributed by atoms with Gasteiger partial charge in [0.1, 0.15) is 6.04 Å². The first-order valence-corrected chi connectivity index (χ1v) is 13.8. The molecule has 0 N–H and O–H groups in total. The van der Waals surface area contributed by atoms with Crippen molar-refractivity contribution < 1.29 is 19.2 Å². The Kier molecular flexibility index (Phi) is 6.62. The Labute approximate surface area is 229 Å². The summed E-state index contributed by atoms with van der Waals surface area (Å²) >= 11 is 19.5. The van der Waals surface area contributed by atoms with Crippen molar-refractivity contribution in [3.8, 4) is 0 Å². The Bertz CT molecular complexity index is 1210. The summed E-state index contributed by atoms with van der Waals surface area (Å²) in [7, 11) is 0. The number of hydrazine groups is 1. The summed E-state index contributed by atoms with van der Waals surface area (Å²) in [4.78, 5) is 54.7. The highest BCUT2D eigenvalue weighted by Gasteiger charge is 2.68. The van der Waals surface area contributed by atoms with Gasteiger partial charge in [0.15, 0.2) is 5.78 Å². The number of carbonyl (C=O) groups excluding carboxylic acids is 4. The van der Waals surface area contributed by atoms with E-state index in [1.807, 2.05) is 0 Å². The third kappa shape index (κ3) is 3.88. The third-order valence-electron chi connectivity index (χ3n) is 7.36. The summed E-state index contributed by atoms with van der Waals surface area (Å²) in [5.74, 6) is -3.09. The number of nitrogens with zero attached hydrogens (tertiary/aromatic N) is 2. The second-order valence-corrected chi connectivity index (χ2v) is 12.1. The molecule has 2 aliphatic carbocycles. The molecular formula is C25H20Br2Cl2N2O4. The van der Waals surface area contributed by atoms with Gasteiger partial charge in [-0.05, 0) is 43.4 Å². The third-order valence-corrected chi connectivity index (χ3v) is 11.3. The summed E-state index contributed by atoms with van der Waals surface area (Å²) in [6.45, 7) is 1.52. The zero-order valence-electron chi connectivity index (χ0n) is 18.4. The lowest BCUT2D eigenvalue weighted by atomic mass is 9.81. The number of Topliss-reactive ketones (excluding diaryl/α,β-unsaturated/α-hetero) is 1. The average molecular weight is 643 g/mol. The van der Waals surface area contributed by atoms with E-state index >= 15 is 0 Å². The van der Waals surface area contributed by atoms with Gasteiger partial charge in [0, 0.05) is 20.8 Å². The van der Waals surface area contributed by atoms with E-state index < -0.39 is 41.4 Å². The topological polar surface area (TPSA) is 74.8 Å². The largest absolute Gasteiger partial charge is 0.292 e. The molecule has 0 aromatic heterocycles. The Hall–Kier alpha value is -1.74. The van der Waals surface area contributed by atoms with Gasteiger partial charge in [0.2, 0.25) is 0 Å². The van der Waals surface area contributed by atoms with Crippen LogP contribution in [0.1, 0.15) is 34.1 Å². The number of rotatable bonds is 5. The first kappa shape index (κ1) is 24.9. The van der Waals surface area contributed by atoms with E-state index in [1.165, 1.54) is 25.1 Å². The molecule has 35 heavy (non-hydrogen) atoms. The highest BCUT2D eigenvalue weighted by atomic mass is 79.9. The highest BCUT2D eigenvalue weighted by Crippen LogP contribution is 2.60. The monoisotopic (exact) mass is 640 g/mol. The second kappa shape index (κ2) is 9.29. The molecule has 182 valence electrons. The van der Waals surface area contributed by atoms with Gasteiger partial charge in [-0.1, -0.05) is 85.4 Å². The summed E-state index contributed by atoms with van der Waals surface area (Å²) in [6, 6.07) is 11.6. The standard InChI is InChI=1S/C25H20Br2Cl2N2O4/c1-11(22(32)12-5-3-2-4-6-12)30(23(33)13-7-8-16(28)17(29)9-13)31-24(34)18-14-10-15(19(18)25(31)35)21(27)20(14)26/h2-9,11,14-15,18-21H,10H2,1H3/t11-,14-,15-,18-,19+,20+,21+/m1/s1. The molecule has 3 aliphatic rings. The SMILES string of the molecule is C[C@H](C(=O)c1ccccc1)N(C(=O)c1ccc(Cl)c(Cl)c1)N1C(=O)[C@@H]2[C@H]3C[C@@H]([C@H](Br)[C@H]3Br)[C@@H]2C1=O. The van der Waals surface area contributed by atoms with Crippen LogP contribution in [0.25, 0.3) is 0 Å². The van der Waals surface area contributed by atoms with Crippen LogP contribution >= 0.6 is 55.1 Å². The minimum absolute atomic E-state index is 0.0297. The molecule has 1 saturated heterocycles. The van der Waals surface area contributed by atoms with E-state index in [0.29, 0.717) is 5.56 Å². The Morgan fingerprint density at radius 3 is 2.03 bits per heavy atom. The minimum atomic E-state index is -1.12. The van der Waals surface area contributed by atoms with Crippen LogP contribution in [0.15, 0.2) is 48.5 Å². The molecule has 2 saturated carbocycles. The maximum absolute atomic E-state index is 13.8. The van der Waals surface area contributed by atoms with Crippen molar-refractivity contribution in [2.24, 2.45) is 23.7 Å². The van der Waals surface area contributed by atoms with Crippen LogP contribution < -0.4 is 0 Å². The van der Waals surface area contributed by atoms with Crippen LogP contribution in [-0.2, 0) is 9.59 Å². The molecule has 1 aliphatic heterocycles. The van der Waals surface area contributed by atoms with E-state index in [9.17, 15) is 19.2 Å². The lowest BCUT2D eigenvalue weighted by Crippen LogP contribution is -2.57. The van der Waals surface area contributed by atoms with Gasteiger partial charge in [-0.2, -0.15) is 5.01 Å². The number of carbonyl (C=O) groups is 4. The molecule has 3 fully saturated rings. The smallest absolute Gasteiger partial charge is 0.273 e. The van der Waals surface area contributed by atoms with Crippen molar-refractivity contribution in [1.82, 2.24) is 10.0 Å². The first-order valence-electron chi connectivity index (χ1n) is 11.2. The van der Waals surface area contributed by atoms with Crippen molar-refractivity contribution in [3.05, 3.63) is 69.7 Å². The molecule has 1 heterocycles. The predicted octanol–water partition coefficient (Wildman–Crippen LogP) is 5.40. The fraction of sp³-hybridized carbons (Fsp3) is 0.360. The van der Waals surface area contributed by atoms with E-state index in [4.69, 9.17) is 23.2 Å². The van der Waals surface area contributed by atoms with Crippen LogP contribution in [0, 0.1) is 23.7 Å². The second-order valence-electron chi connectivity index (χ2n) is 9.18. The lowest BCUT2D eigenvalue weighted by Gasteiger charge is -2.35. The van der Waals surface area contributed by atoms with Gasteiger partial charge in [-0.15, -0.1) is 0 Å². The van der Waals surface area contributed by atoms with Crippen molar-refractivity contribution in [1.29, 1.82) is 0 Å². The number of benzene rings is 2. The Morgan fingerprint density at radius 2 is 1.49 bits per heavy atom. The number of hydrogen-bond acceptors (Lipinski definition) is 4. The predicted molar refractivity (Wildman–Crippen MR) is 139 cm³/mol. The van der Waals surface area contributed by atoms with Crippen molar-refractivity contribution in [2.45, 2.75) is 29.0 Å². The molecule has 0 unspecified atom stereocenters. The van der Waals surface area contributed by atoms with Crippen molar-refractivity contribution in [2.75, 3.05) is 0 Å². The van der Waals surface area contributed by atoms with E-state index in [-0.39, 0.29) is 37.1 Å². The summed E-state index contributed by atoms with van der Waals surface area (Å²) in [5.41, 5.74) is 0.483. The lowest BCUT2D eigenvalue weighted by molar-refractivity contribution is -0.157. The summed E-state index contributed by atoms with van der Waals surface area (Å²) in [5, 5.41) is 2.33. The van der Waals surface area contributed by atoms with Crippen LogP contribution in [-0.4, -0.2) is 49.2 Å². The van der Waals surface area contributed by atoms with E-state index in [1.54, 1.807) is 30.3 Å². The number of amides is 3. The Balaban J connectivity index is 1.57. The number of halogens is 4. The number of alkyl halides is 2. The maximum atomic E-state index is 13.8. The van der Waals surface area contributed by atoms with E-state index in [0.717, 1.165) is 16.4 Å².